The predicted octanol–water partition coefficient (Wildman–Crippen LogP) is 5.09. The van der Waals surface area contributed by atoms with E-state index in [1.54, 1.807) is 0 Å². The molecule has 5 rings (SSSR count). The number of pyridine rings is 1. The first kappa shape index (κ1) is 18.3. The van der Waals surface area contributed by atoms with Crippen molar-refractivity contribution in [2.75, 3.05) is 13.1 Å². The highest BCUT2D eigenvalue weighted by molar-refractivity contribution is 6.04. The molecule has 0 amide bonds. The van der Waals surface area contributed by atoms with E-state index < -0.39 is 0 Å². The number of halogens is 1. The lowest BCUT2D eigenvalue weighted by molar-refractivity contribution is 0.340. The molecule has 0 unspecified atom stereocenters. The van der Waals surface area contributed by atoms with Crippen LogP contribution in [-0.2, 0) is 6.54 Å². The molecular formula is C24H25FN4. The van der Waals surface area contributed by atoms with Crippen LogP contribution in [0.15, 0.2) is 48.5 Å². The number of aryl methyl sites for hydroxylation is 2. The molecule has 4 nitrogen and oxygen atoms in total. The van der Waals surface area contributed by atoms with E-state index in [1.165, 1.54) is 25.0 Å². The van der Waals surface area contributed by atoms with Crippen LogP contribution in [0.5, 0.6) is 0 Å². The number of piperidine rings is 1. The van der Waals surface area contributed by atoms with Crippen LogP contribution in [0.4, 0.5) is 4.39 Å². The molecule has 1 aliphatic heterocycles. The van der Waals surface area contributed by atoms with Gasteiger partial charge >= 0.3 is 0 Å². The molecule has 5 heteroatoms. The highest BCUT2D eigenvalue weighted by atomic mass is 19.1. The van der Waals surface area contributed by atoms with E-state index in [4.69, 9.17) is 4.98 Å². The number of imidazole rings is 1. The number of nitrogens with zero attached hydrogens (tertiary/aromatic N) is 3. The minimum absolute atomic E-state index is 0.257. The second kappa shape index (κ2) is 7.56. The number of rotatable bonds is 4. The van der Waals surface area contributed by atoms with E-state index in [9.17, 15) is 4.39 Å². The maximum atomic E-state index is 13.9. The van der Waals surface area contributed by atoms with Gasteiger partial charge in [0.15, 0.2) is 0 Å². The summed E-state index contributed by atoms with van der Waals surface area (Å²) in [5.41, 5.74) is 4.62. The Kier molecular flexibility index (Phi) is 4.76. The van der Waals surface area contributed by atoms with E-state index in [-0.39, 0.29) is 5.82 Å². The van der Waals surface area contributed by atoms with Crippen molar-refractivity contribution in [3.05, 3.63) is 60.0 Å². The van der Waals surface area contributed by atoms with Crippen LogP contribution < -0.4 is 5.32 Å². The highest BCUT2D eigenvalue weighted by Gasteiger charge is 2.20. The molecule has 0 radical (unpaired) electrons. The minimum Gasteiger partial charge on any atom is -0.323 e. The summed E-state index contributed by atoms with van der Waals surface area (Å²) >= 11 is 0. The number of aromatic nitrogens is 3. The Hall–Kier alpha value is -2.79. The average Bonchev–Trinajstić information content (AvgIpc) is 3.14. The Morgan fingerprint density at radius 2 is 1.86 bits per heavy atom. The van der Waals surface area contributed by atoms with Crippen LogP contribution in [0.25, 0.3) is 33.3 Å². The maximum absolute atomic E-state index is 13.9. The summed E-state index contributed by atoms with van der Waals surface area (Å²) in [7, 11) is 0. The second-order valence-corrected chi connectivity index (χ2v) is 7.99. The van der Waals surface area contributed by atoms with Gasteiger partial charge in [-0.25, -0.2) is 9.37 Å². The number of hydrogen-bond donors (Lipinski definition) is 1. The molecule has 148 valence electrons. The Labute approximate surface area is 169 Å². The van der Waals surface area contributed by atoms with Gasteiger partial charge in [-0.3, -0.25) is 4.98 Å². The van der Waals surface area contributed by atoms with Crippen LogP contribution >= 0.6 is 0 Å². The molecule has 2 aromatic carbocycles. The van der Waals surface area contributed by atoms with Gasteiger partial charge < -0.3 is 9.88 Å². The fourth-order valence-electron chi connectivity index (χ4n) is 4.52. The number of nitrogens with one attached hydrogen (secondary N) is 1. The summed E-state index contributed by atoms with van der Waals surface area (Å²) < 4.78 is 16.2. The molecule has 1 saturated heterocycles. The summed E-state index contributed by atoms with van der Waals surface area (Å²) in [5, 5.41) is 4.41. The normalized spacial score (nSPS) is 15.4. The van der Waals surface area contributed by atoms with Gasteiger partial charge in [-0.2, -0.15) is 0 Å². The first-order valence-corrected chi connectivity index (χ1v) is 10.4. The molecule has 0 bridgehead atoms. The number of benzene rings is 2. The largest absolute Gasteiger partial charge is 0.323 e. The van der Waals surface area contributed by atoms with E-state index in [0.717, 1.165) is 65.5 Å². The standard InChI is InChI=1S/C24H25FN4/c1-16-22-23(20-8-7-19(25)15-21(20)27-16)29(14-11-17-9-12-26-13-10-17)24(28-22)18-5-3-2-4-6-18/h2-8,15,17,26H,9-14H2,1H3. The zero-order valence-electron chi connectivity index (χ0n) is 16.7. The molecule has 0 atom stereocenters. The molecule has 1 aliphatic rings. The van der Waals surface area contributed by atoms with E-state index >= 15 is 0 Å². The second-order valence-electron chi connectivity index (χ2n) is 7.99. The molecule has 3 heterocycles. The van der Waals surface area contributed by atoms with Crippen LogP contribution in [-0.4, -0.2) is 27.6 Å². The zero-order valence-corrected chi connectivity index (χ0v) is 16.7. The van der Waals surface area contributed by atoms with Gasteiger partial charge in [-0.1, -0.05) is 30.3 Å². The van der Waals surface area contributed by atoms with E-state index in [1.807, 2.05) is 31.2 Å². The van der Waals surface area contributed by atoms with Gasteiger partial charge in [0.1, 0.15) is 17.2 Å². The third-order valence-electron chi connectivity index (χ3n) is 6.07. The van der Waals surface area contributed by atoms with Crippen LogP contribution in [0.3, 0.4) is 0 Å². The van der Waals surface area contributed by atoms with Gasteiger partial charge in [-0.05, 0) is 57.3 Å². The van der Waals surface area contributed by atoms with Crippen molar-refractivity contribution in [1.29, 1.82) is 0 Å². The first-order valence-electron chi connectivity index (χ1n) is 10.4. The summed E-state index contributed by atoms with van der Waals surface area (Å²) in [6, 6.07) is 15.2. The van der Waals surface area contributed by atoms with Gasteiger partial charge in [-0.15, -0.1) is 0 Å². The van der Waals surface area contributed by atoms with Gasteiger partial charge in [0.2, 0.25) is 0 Å². The van der Waals surface area contributed by atoms with Crippen molar-refractivity contribution in [3.8, 4) is 11.4 Å². The van der Waals surface area contributed by atoms with E-state index in [2.05, 4.69) is 27.0 Å². The number of hydrogen-bond acceptors (Lipinski definition) is 3. The summed E-state index contributed by atoms with van der Waals surface area (Å²) in [4.78, 5) is 9.65. The summed E-state index contributed by atoms with van der Waals surface area (Å²) in [5.74, 6) is 1.44. The third kappa shape index (κ3) is 3.40. The molecule has 0 saturated carbocycles. The Morgan fingerprint density at radius 1 is 1.07 bits per heavy atom. The fraction of sp³-hybridized carbons (Fsp3) is 0.333. The summed E-state index contributed by atoms with van der Waals surface area (Å²) in [6.07, 6.45) is 3.57. The Morgan fingerprint density at radius 3 is 2.66 bits per heavy atom. The summed E-state index contributed by atoms with van der Waals surface area (Å²) in [6.45, 7) is 5.07. The monoisotopic (exact) mass is 388 g/mol. The lowest BCUT2D eigenvalue weighted by atomic mass is 9.94. The Bertz CT molecular complexity index is 1160. The van der Waals surface area contributed by atoms with Crippen molar-refractivity contribution in [2.24, 2.45) is 5.92 Å². The average molecular weight is 388 g/mol. The van der Waals surface area contributed by atoms with Crippen molar-refractivity contribution >= 4 is 21.9 Å². The highest BCUT2D eigenvalue weighted by Crippen LogP contribution is 2.32. The maximum Gasteiger partial charge on any atom is 0.141 e. The van der Waals surface area contributed by atoms with Gasteiger partial charge in [0, 0.05) is 23.6 Å². The molecule has 2 aromatic heterocycles. The molecule has 1 fully saturated rings. The lowest BCUT2D eigenvalue weighted by Gasteiger charge is -2.23. The zero-order chi connectivity index (χ0) is 19.8. The quantitative estimate of drug-likeness (QED) is 0.530. The molecule has 0 spiro atoms. The van der Waals surface area contributed by atoms with Crippen molar-refractivity contribution in [2.45, 2.75) is 32.7 Å². The topological polar surface area (TPSA) is 42.7 Å². The van der Waals surface area contributed by atoms with Crippen LogP contribution in [0.2, 0.25) is 0 Å². The fourth-order valence-corrected chi connectivity index (χ4v) is 4.52. The van der Waals surface area contributed by atoms with Gasteiger partial charge in [0.05, 0.1) is 16.7 Å². The molecule has 1 N–H and O–H groups in total. The Balaban J connectivity index is 1.70. The van der Waals surface area contributed by atoms with Crippen molar-refractivity contribution in [1.82, 2.24) is 19.9 Å². The number of fused-ring (bicyclic) bond motifs is 3. The molecule has 0 aliphatic carbocycles. The van der Waals surface area contributed by atoms with Gasteiger partial charge in [0.25, 0.3) is 0 Å². The molecule has 29 heavy (non-hydrogen) atoms. The molecular weight excluding hydrogens is 363 g/mol. The SMILES string of the molecule is Cc1nc2cc(F)ccc2c2c1nc(-c1ccccc1)n2CCC1CCNCC1. The van der Waals surface area contributed by atoms with Crippen molar-refractivity contribution < 1.29 is 4.39 Å². The lowest BCUT2D eigenvalue weighted by Crippen LogP contribution is -2.28. The van der Waals surface area contributed by atoms with Crippen LogP contribution in [0.1, 0.15) is 25.0 Å². The minimum atomic E-state index is -0.257. The molecule has 4 aromatic rings. The van der Waals surface area contributed by atoms with Crippen molar-refractivity contribution in [3.63, 3.8) is 0 Å². The smallest absolute Gasteiger partial charge is 0.141 e. The van der Waals surface area contributed by atoms with E-state index in [0.29, 0.717) is 5.52 Å². The first-order chi connectivity index (χ1) is 14.2. The third-order valence-corrected chi connectivity index (χ3v) is 6.07. The predicted molar refractivity (Wildman–Crippen MR) is 115 cm³/mol. The van der Waals surface area contributed by atoms with Crippen LogP contribution in [0, 0.1) is 18.7 Å².